The predicted molar refractivity (Wildman–Crippen MR) is 154 cm³/mol. The summed E-state index contributed by atoms with van der Waals surface area (Å²) >= 11 is 0. The Morgan fingerprint density at radius 3 is 2.52 bits per heavy atom. The number of fused-ring (bicyclic) bond motifs is 2. The molecule has 3 heterocycles. The van der Waals surface area contributed by atoms with Crippen molar-refractivity contribution in [2.24, 2.45) is 0 Å². The maximum Gasteiger partial charge on any atom is 0.410 e. The first-order valence-corrected chi connectivity index (χ1v) is 13.6. The Balaban J connectivity index is 1.14. The Bertz CT molecular complexity index is 1470. The van der Waals surface area contributed by atoms with Gasteiger partial charge < -0.3 is 28.9 Å². The molecule has 1 amide bonds. The molecule has 1 saturated heterocycles. The normalized spacial score (nSPS) is 15.2. The monoisotopic (exact) mass is 539 g/mol. The molecule has 9 nitrogen and oxygen atoms in total. The Kier molecular flexibility index (Phi) is 7.63. The molecule has 0 bridgehead atoms. The summed E-state index contributed by atoms with van der Waals surface area (Å²) in [5.74, 6) is 1.76. The van der Waals surface area contributed by atoms with Crippen molar-refractivity contribution in [3.8, 4) is 5.75 Å². The minimum Gasteiger partial charge on any atom is -0.467 e. The van der Waals surface area contributed by atoms with Gasteiger partial charge in [0.05, 0.1) is 12.2 Å². The van der Waals surface area contributed by atoms with Crippen LogP contribution in [0.1, 0.15) is 16.8 Å². The number of amides is 1. The highest BCUT2D eigenvalue weighted by atomic mass is 16.7. The van der Waals surface area contributed by atoms with Crippen LogP contribution in [0.4, 0.5) is 16.3 Å². The van der Waals surface area contributed by atoms with E-state index >= 15 is 0 Å². The van der Waals surface area contributed by atoms with Crippen molar-refractivity contribution in [2.75, 3.05) is 56.4 Å². The molecule has 206 valence electrons. The lowest BCUT2D eigenvalue weighted by atomic mass is 10.0. The smallest absolute Gasteiger partial charge is 0.410 e. The minimum atomic E-state index is -0.271. The van der Waals surface area contributed by atoms with Crippen LogP contribution in [0.3, 0.4) is 0 Å². The van der Waals surface area contributed by atoms with Gasteiger partial charge in [-0.3, -0.25) is 0 Å². The first kappa shape index (κ1) is 25.9. The molecule has 9 heteroatoms. The number of piperazine rings is 1. The highest BCUT2D eigenvalue weighted by molar-refractivity contribution is 5.95. The maximum absolute atomic E-state index is 12.6. The van der Waals surface area contributed by atoms with Crippen molar-refractivity contribution in [1.82, 2.24) is 14.9 Å². The van der Waals surface area contributed by atoms with Gasteiger partial charge in [-0.05, 0) is 23.4 Å². The van der Waals surface area contributed by atoms with Crippen LogP contribution in [-0.4, -0.2) is 67.6 Å². The summed E-state index contributed by atoms with van der Waals surface area (Å²) in [6.45, 7) is 4.62. The highest BCUT2D eigenvalue weighted by Gasteiger charge is 2.28. The first-order valence-electron chi connectivity index (χ1n) is 13.6. The van der Waals surface area contributed by atoms with Gasteiger partial charge in [-0.2, -0.15) is 0 Å². The topological polar surface area (TPSA) is 80.3 Å². The summed E-state index contributed by atoms with van der Waals surface area (Å²) in [5, 5.41) is 2.31. The van der Waals surface area contributed by atoms with Crippen LogP contribution in [-0.2, 0) is 29.0 Å². The van der Waals surface area contributed by atoms with E-state index in [-0.39, 0.29) is 19.5 Å². The first-order chi connectivity index (χ1) is 19.7. The van der Waals surface area contributed by atoms with E-state index < -0.39 is 0 Å². The Labute approximate surface area is 233 Å². The SMILES string of the molecule is COCOc1cc(N2CCc3c(ncnc3N3CCN(C(=O)OCc4ccccc4)CC3)C2)c2ccccc2c1. The third-order valence-corrected chi connectivity index (χ3v) is 7.52. The molecule has 4 aromatic rings. The molecule has 1 aromatic heterocycles. The van der Waals surface area contributed by atoms with Crippen molar-refractivity contribution in [2.45, 2.75) is 19.6 Å². The van der Waals surface area contributed by atoms with Crippen molar-refractivity contribution in [3.05, 3.63) is 89.9 Å². The predicted octanol–water partition coefficient (Wildman–Crippen LogP) is 4.63. The van der Waals surface area contributed by atoms with Crippen molar-refractivity contribution in [1.29, 1.82) is 0 Å². The maximum atomic E-state index is 12.6. The van der Waals surface area contributed by atoms with Gasteiger partial charge >= 0.3 is 6.09 Å². The molecule has 2 aliphatic rings. The van der Waals surface area contributed by atoms with Crippen LogP contribution in [0, 0.1) is 0 Å². The number of ether oxygens (including phenoxy) is 3. The number of carbonyl (C=O) groups is 1. The molecule has 6 rings (SSSR count). The number of aromatic nitrogens is 2. The van der Waals surface area contributed by atoms with Crippen LogP contribution in [0.15, 0.2) is 73.1 Å². The lowest BCUT2D eigenvalue weighted by molar-refractivity contribution is 0.0512. The summed E-state index contributed by atoms with van der Waals surface area (Å²) in [6, 6.07) is 22.3. The third kappa shape index (κ3) is 5.51. The zero-order valence-electron chi connectivity index (χ0n) is 22.7. The van der Waals surface area contributed by atoms with E-state index in [4.69, 9.17) is 14.2 Å². The molecule has 2 aliphatic heterocycles. The summed E-state index contributed by atoms with van der Waals surface area (Å²) in [7, 11) is 1.62. The Morgan fingerprint density at radius 2 is 1.70 bits per heavy atom. The van der Waals surface area contributed by atoms with Crippen LogP contribution in [0.2, 0.25) is 0 Å². The molecule has 0 radical (unpaired) electrons. The number of carbonyl (C=O) groups excluding carboxylic acids is 1. The van der Waals surface area contributed by atoms with E-state index in [9.17, 15) is 4.79 Å². The van der Waals surface area contributed by atoms with Gasteiger partial charge in [-0.15, -0.1) is 0 Å². The van der Waals surface area contributed by atoms with Gasteiger partial charge in [-0.25, -0.2) is 14.8 Å². The summed E-state index contributed by atoms with van der Waals surface area (Å²) in [5.41, 5.74) is 4.33. The van der Waals surface area contributed by atoms with Crippen LogP contribution in [0.5, 0.6) is 5.75 Å². The van der Waals surface area contributed by atoms with Gasteiger partial charge in [-0.1, -0.05) is 54.6 Å². The standard InChI is InChI=1S/C31H33N5O4/c1-38-22-40-25-17-24-9-5-6-10-26(24)29(18-25)36-12-11-27-28(19-36)32-21-33-30(27)34-13-15-35(16-14-34)31(37)39-20-23-7-3-2-4-8-23/h2-10,17-18,21H,11-16,19-20,22H2,1H3. The molecule has 0 saturated carbocycles. The number of benzene rings is 3. The van der Waals surface area contributed by atoms with E-state index in [2.05, 4.69) is 44.0 Å². The average molecular weight is 540 g/mol. The van der Waals surface area contributed by atoms with Gasteiger partial charge in [0.25, 0.3) is 0 Å². The molecule has 0 aliphatic carbocycles. The lowest BCUT2D eigenvalue weighted by Crippen LogP contribution is -2.49. The summed E-state index contributed by atoms with van der Waals surface area (Å²) < 4.78 is 16.5. The minimum absolute atomic E-state index is 0.204. The lowest BCUT2D eigenvalue weighted by Gasteiger charge is -2.37. The fourth-order valence-electron chi connectivity index (χ4n) is 5.46. The molecule has 1 fully saturated rings. The number of rotatable bonds is 7. The Morgan fingerprint density at radius 1 is 0.900 bits per heavy atom. The number of hydrogen-bond acceptors (Lipinski definition) is 8. The molecule has 40 heavy (non-hydrogen) atoms. The van der Waals surface area contributed by atoms with E-state index in [1.807, 2.05) is 42.5 Å². The quantitative estimate of drug-likeness (QED) is 0.315. The highest BCUT2D eigenvalue weighted by Crippen LogP contribution is 2.36. The Hall–Kier alpha value is -4.37. The van der Waals surface area contributed by atoms with Crippen LogP contribution in [0.25, 0.3) is 10.8 Å². The van der Waals surface area contributed by atoms with Crippen LogP contribution < -0.4 is 14.5 Å². The van der Waals surface area contributed by atoms with E-state index in [1.54, 1.807) is 18.3 Å². The van der Waals surface area contributed by atoms with Gasteiger partial charge in [0, 0.05) is 62.5 Å². The number of methoxy groups -OCH3 is 1. The van der Waals surface area contributed by atoms with E-state index in [0.717, 1.165) is 46.9 Å². The molecule has 3 aromatic carbocycles. The fourth-order valence-corrected chi connectivity index (χ4v) is 5.46. The van der Waals surface area contributed by atoms with Crippen molar-refractivity contribution >= 4 is 28.4 Å². The molecule has 0 unspecified atom stereocenters. The van der Waals surface area contributed by atoms with Crippen molar-refractivity contribution < 1.29 is 19.0 Å². The largest absolute Gasteiger partial charge is 0.467 e. The van der Waals surface area contributed by atoms with Gasteiger partial charge in [0.1, 0.15) is 24.5 Å². The van der Waals surface area contributed by atoms with Gasteiger partial charge in [0.2, 0.25) is 0 Å². The van der Waals surface area contributed by atoms with Crippen LogP contribution >= 0.6 is 0 Å². The zero-order valence-corrected chi connectivity index (χ0v) is 22.7. The molecular weight excluding hydrogens is 506 g/mol. The molecule has 0 spiro atoms. The summed E-state index contributed by atoms with van der Waals surface area (Å²) in [4.78, 5) is 28.4. The van der Waals surface area contributed by atoms with E-state index in [1.165, 1.54) is 10.9 Å². The molecule has 0 N–H and O–H groups in total. The number of hydrogen-bond donors (Lipinski definition) is 0. The van der Waals surface area contributed by atoms with Gasteiger partial charge in [0.15, 0.2) is 6.79 Å². The second-order valence-electron chi connectivity index (χ2n) is 10.0. The average Bonchev–Trinajstić information content (AvgIpc) is 3.02. The molecular formula is C31H33N5O4. The second kappa shape index (κ2) is 11.8. The third-order valence-electron chi connectivity index (χ3n) is 7.52. The fraction of sp³-hybridized carbons (Fsp3) is 0.323. The van der Waals surface area contributed by atoms with Crippen molar-refractivity contribution in [3.63, 3.8) is 0 Å². The number of anilines is 2. The summed E-state index contributed by atoms with van der Waals surface area (Å²) in [6.07, 6.45) is 2.23. The number of nitrogens with zero attached hydrogens (tertiary/aromatic N) is 5. The molecule has 0 atom stereocenters. The second-order valence-corrected chi connectivity index (χ2v) is 10.0. The zero-order chi connectivity index (χ0) is 27.3. The van der Waals surface area contributed by atoms with E-state index in [0.29, 0.717) is 32.7 Å².